The molecule has 3 unspecified atom stereocenters. The topological polar surface area (TPSA) is 17.1 Å². The molecule has 1 heteroatoms. The molecule has 2 aromatic carbocycles. The summed E-state index contributed by atoms with van der Waals surface area (Å²) >= 11 is 0. The molecule has 1 spiro atoms. The van der Waals surface area contributed by atoms with Crippen LogP contribution in [0, 0.1) is 11.8 Å². The maximum atomic E-state index is 12.8. The summed E-state index contributed by atoms with van der Waals surface area (Å²) in [6.07, 6.45) is 15.4. The number of fused-ring (bicyclic) bond motifs is 6. The minimum Gasteiger partial charge on any atom is -0.299 e. The van der Waals surface area contributed by atoms with Gasteiger partial charge in [0.15, 0.2) is 0 Å². The Hall–Kier alpha value is -1.89. The van der Waals surface area contributed by atoms with E-state index in [0.29, 0.717) is 30.0 Å². The van der Waals surface area contributed by atoms with Crippen molar-refractivity contribution >= 4 is 16.6 Å². The van der Waals surface area contributed by atoms with Crippen molar-refractivity contribution in [1.82, 2.24) is 0 Å². The van der Waals surface area contributed by atoms with Gasteiger partial charge in [-0.05, 0) is 70.9 Å². The lowest BCUT2D eigenvalue weighted by Gasteiger charge is -2.40. The molecule has 3 atom stereocenters. The minimum atomic E-state index is 0.0963. The summed E-state index contributed by atoms with van der Waals surface area (Å²) in [5, 5.41) is 2.82. The quantitative estimate of drug-likeness (QED) is 0.553. The third kappa shape index (κ3) is 2.33. The van der Waals surface area contributed by atoms with Gasteiger partial charge in [0.1, 0.15) is 5.78 Å². The van der Waals surface area contributed by atoms with Gasteiger partial charge >= 0.3 is 0 Å². The highest BCUT2D eigenvalue weighted by atomic mass is 16.1. The molecule has 0 amide bonds. The Morgan fingerprint density at radius 2 is 1.89 bits per heavy atom. The SMILES string of the molecule is O=C1Cc2cc3c(C4CCCCC4)cccc3cc2C2(C1)CC1C=CC2C1. The first-order valence-electron chi connectivity index (χ1n) is 11.0. The van der Waals surface area contributed by atoms with Crippen LogP contribution < -0.4 is 0 Å². The Morgan fingerprint density at radius 1 is 1.00 bits per heavy atom. The summed E-state index contributed by atoms with van der Waals surface area (Å²) in [4.78, 5) is 12.8. The molecule has 138 valence electrons. The van der Waals surface area contributed by atoms with E-state index in [0.717, 1.165) is 6.42 Å². The van der Waals surface area contributed by atoms with Gasteiger partial charge in [0.2, 0.25) is 0 Å². The van der Waals surface area contributed by atoms with Crippen molar-refractivity contribution in [3.63, 3.8) is 0 Å². The van der Waals surface area contributed by atoms with Crippen LogP contribution in [-0.4, -0.2) is 5.78 Å². The van der Waals surface area contributed by atoms with Crippen molar-refractivity contribution in [2.24, 2.45) is 11.8 Å². The summed E-state index contributed by atoms with van der Waals surface area (Å²) in [6, 6.07) is 11.8. The zero-order valence-corrected chi connectivity index (χ0v) is 16.0. The number of hydrogen-bond donors (Lipinski definition) is 0. The van der Waals surface area contributed by atoms with Gasteiger partial charge in [-0.1, -0.05) is 61.7 Å². The second kappa shape index (κ2) is 5.80. The molecule has 1 nitrogen and oxygen atoms in total. The first-order valence-corrected chi connectivity index (χ1v) is 11.0. The van der Waals surface area contributed by atoms with Crippen LogP contribution in [0.5, 0.6) is 0 Å². The lowest BCUT2D eigenvalue weighted by Crippen LogP contribution is -2.38. The highest BCUT2D eigenvalue weighted by molar-refractivity contribution is 5.92. The van der Waals surface area contributed by atoms with E-state index in [2.05, 4.69) is 42.5 Å². The molecule has 6 rings (SSSR count). The second-order valence-corrected chi connectivity index (χ2v) is 9.65. The predicted octanol–water partition coefficient (Wildman–Crippen LogP) is 6.24. The Morgan fingerprint density at radius 3 is 2.67 bits per heavy atom. The average Bonchev–Trinajstić information content (AvgIpc) is 3.28. The molecule has 2 aromatic rings. The summed E-state index contributed by atoms with van der Waals surface area (Å²) in [5.74, 6) is 2.43. The average molecular weight is 357 g/mol. The molecular weight excluding hydrogens is 328 g/mol. The first kappa shape index (κ1) is 16.1. The van der Waals surface area contributed by atoms with Gasteiger partial charge in [0.05, 0.1) is 0 Å². The van der Waals surface area contributed by atoms with Gasteiger partial charge in [-0.3, -0.25) is 4.79 Å². The van der Waals surface area contributed by atoms with E-state index in [9.17, 15) is 4.79 Å². The van der Waals surface area contributed by atoms with E-state index in [1.165, 1.54) is 72.4 Å². The third-order valence-corrected chi connectivity index (χ3v) is 8.13. The molecule has 27 heavy (non-hydrogen) atoms. The number of benzene rings is 2. The summed E-state index contributed by atoms with van der Waals surface area (Å²) in [7, 11) is 0. The van der Waals surface area contributed by atoms with Gasteiger partial charge in [0, 0.05) is 18.3 Å². The first-order chi connectivity index (χ1) is 13.2. The van der Waals surface area contributed by atoms with Crippen LogP contribution in [0.3, 0.4) is 0 Å². The number of carbonyl (C=O) groups is 1. The van der Waals surface area contributed by atoms with E-state index >= 15 is 0 Å². The number of allylic oxidation sites excluding steroid dienone is 2. The van der Waals surface area contributed by atoms with Crippen molar-refractivity contribution in [3.05, 3.63) is 59.2 Å². The highest BCUT2D eigenvalue weighted by Crippen LogP contribution is 2.58. The van der Waals surface area contributed by atoms with Crippen molar-refractivity contribution in [2.75, 3.05) is 0 Å². The van der Waals surface area contributed by atoms with Gasteiger partial charge in [-0.15, -0.1) is 0 Å². The van der Waals surface area contributed by atoms with Crippen LogP contribution >= 0.6 is 0 Å². The maximum Gasteiger partial charge on any atom is 0.138 e. The Kier molecular flexibility index (Phi) is 3.46. The number of Topliss-reactive ketones (excluding diaryl/α,β-unsaturated/α-hetero) is 1. The molecule has 0 heterocycles. The monoisotopic (exact) mass is 356 g/mol. The third-order valence-electron chi connectivity index (χ3n) is 8.13. The van der Waals surface area contributed by atoms with Crippen molar-refractivity contribution in [1.29, 1.82) is 0 Å². The number of carbonyl (C=O) groups excluding carboxylic acids is 1. The molecule has 4 aliphatic carbocycles. The predicted molar refractivity (Wildman–Crippen MR) is 110 cm³/mol. The molecule has 2 saturated carbocycles. The zero-order chi connectivity index (χ0) is 18.0. The molecule has 2 fully saturated rings. The molecular formula is C26H28O. The zero-order valence-electron chi connectivity index (χ0n) is 16.0. The van der Waals surface area contributed by atoms with Crippen molar-refractivity contribution in [2.45, 2.75) is 69.1 Å². The Balaban J connectivity index is 1.53. The maximum absolute atomic E-state index is 12.8. The van der Waals surface area contributed by atoms with Crippen LogP contribution in [0.2, 0.25) is 0 Å². The van der Waals surface area contributed by atoms with Gasteiger partial charge in [-0.25, -0.2) is 0 Å². The second-order valence-electron chi connectivity index (χ2n) is 9.65. The van der Waals surface area contributed by atoms with Crippen LogP contribution in [0.4, 0.5) is 0 Å². The Bertz CT molecular complexity index is 962. The van der Waals surface area contributed by atoms with E-state index in [4.69, 9.17) is 0 Å². The van der Waals surface area contributed by atoms with E-state index in [1.807, 2.05) is 0 Å². The van der Waals surface area contributed by atoms with Crippen LogP contribution in [-0.2, 0) is 16.6 Å². The largest absolute Gasteiger partial charge is 0.299 e. The molecule has 0 aliphatic heterocycles. The molecule has 0 N–H and O–H groups in total. The van der Waals surface area contributed by atoms with Crippen LogP contribution in [0.25, 0.3) is 10.8 Å². The van der Waals surface area contributed by atoms with E-state index in [1.54, 1.807) is 0 Å². The highest BCUT2D eigenvalue weighted by Gasteiger charge is 2.52. The summed E-state index contributed by atoms with van der Waals surface area (Å²) in [6.45, 7) is 0. The molecule has 0 saturated heterocycles. The molecule has 2 bridgehead atoms. The van der Waals surface area contributed by atoms with E-state index < -0.39 is 0 Å². The smallest absolute Gasteiger partial charge is 0.138 e. The van der Waals surface area contributed by atoms with Crippen LogP contribution in [0.15, 0.2) is 42.5 Å². The number of ketones is 1. The summed E-state index contributed by atoms with van der Waals surface area (Å²) < 4.78 is 0. The summed E-state index contributed by atoms with van der Waals surface area (Å²) in [5.41, 5.74) is 4.48. The normalized spacial score (nSPS) is 32.5. The fourth-order valence-corrected chi connectivity index (χ4v) is 6.96. The van der Waals surface area contributed by atoms with Crippen molar-refractivity contribution in [3.8, 4) is 0 Å². The van der Waals surface area contributed by atoms with Crippen LogP contribution in [0.1, 0.15) is 74.0 Å². The fourth-order valence-electron chi connectivity index (χ4n) is 6.96. The lowest BCUT2D eigenvalue weighted by molar-refractivity contribution is -0.120. The van der Waals surface area contributed by atoms with Gasteiger partial charge < -0.3 is 0 Å². The van der Waals surface area contributed by atoms with E-state index in [-0.39, 0.29) is 5.41 Å². The minimum absolute atomic E-state index is 0.0963. The number of hydrogen-bond acceptors (Lipinski definition) is 1. The Labute approximate surface area is 161 Å². The van der Waals surface area contributed by atoms with Gasteiger partial charge in [-0.2, -0.15) is 0 Å². The molecule has 0 radical (unpaired) electrons. The molecule has 4 aliphatic rings. The lowest BCUT2D eigenvalue weighted by atomic mass is 9.62. The fraction of sp³-hybridized carbons (Fsp3) is 0.500. The standard InChI is InChI=1S/C26H28O/c27-22-12-20-13-24-19(7-4-8-23(24)18-5-2-1-3-6-18)14-25(20)26(16-22)15-17-9-10-21(26)11-17/h4,7-10,13-14,17-18,21H,1-3,5-6,11-12,15-16H2. The number of rotatable bonds is 1. The van der Waals surface area contributed by atoms with Gasteiger partial charge in [0.25, 0.3) is 0 Å². The van der Waals surface area contributed by atoms with Crippen molar-refractivity contribution < 1.29 is 4.79 Å². The molecule has 0 aromatic heterocycles.